The standard InChI is InChI=1S/C10H14F2N2O5S/c1-2-13-9(17)19-10-14-3-4(15)5(16)6(7(11)12)18-8(3)20-10/h3-8,15-16H,2H2,1H3,(H,13,17)/t3-,4-,5+,6+,8-/m1/s1. The number of carbonyl (C=O) groups is 1. The predicted octanol–water partition coefficient (Wildman–Crippen LogP) is -0.0843. The molecule has 2 heterocycles. The Morgan fingerprint density at radius 1 is 1.55 bits per heavy atom. The zero-order valence-corrected chi connectivity index (χ0v) is 11.2. The van der Waals surface area contributed by atoms with Crippen molar-refractivity contribution in [2.45, 2.75) is 43.1 Å². The van der Waals surface area contributed by atoms with Crippen molar-refractivity contribution in [1.29, 1.82) is 0 Å². The van der Waals surface area contributed by atoms with Gasteiger partial charge in [-0.2, -0.15) is 0 Å². The number of rotatable bonds is 2. The smallest absolute Gasteiger partial charge is 0.388 e. The number of ether oxygens (including phenoxy) is 2. The van der Waals surface area contributed by atoms with E-state index in [0.29, 0.717) is 6.54 Å². The molecule has 0 aliphatic carbocycles. The number of aliphatic hydroxyl groups is 2. The summed E-state index contributed by atoms with van der Waals surface area (Å²) in [5.74, 6) is 0. The number of carbonyl (C=O) groups excluding carboxylic acids is 1. The first-order valence-corrected chi connectivity index (χ1v) is 6.82. The van der Waals surface area contributed by atoms with Gasteiger partial charge in [-0.3, -0.25) is 0 Å². The number of amides is 1. The van der Waals surface area contributed by atoms with Crippen LogP contribution in [0, 0.1) is 0 Å². The lowest BCUT2D eigenvalue weighted by molar-refractivity contribution is -0.193. The highest BCUT2D eigenvalue weighted by atomic mass is 32.2. The van der Waals surface area contributed by atoms with Crippen LogP contribution in [0.5, 0.6) is 0 Å². The van der Waals surface area contributed by atoms with Crippen LogP contribution >= 0.6 is 11.8 Å². The van der Waals surface area contributed by atoms with Gasteiger partial charge in [0, 0.05) is 6.54 Å². The summed E-state index contributed by atoms with van der Waals surface area (Å²) in [6, 6.07) is -0.950. The summed E-state index contributed by atoms with van der Waals surface area (Å²) >= 11 is 0.816. The molecule has 1 fully saturated rings. The molecule has 3 N–H and O–H groups in total. The lowest BCUT2D eigenvalue weighted by atomic mass is 9.98. The molecule has 0 radical (unpaired) electrons. The number of thioether (sulfide) groups is 1. The van der Waals surface area contributed by atoms with Gasteiger partial charge in [0.1, 0.15) is 29.8 Å². The monoisotopic (exact) mass is 312 g/mol. The van der Waals surface area contributed by atoms with Crippen LogP contribution in [0.1, 0.15) is 6.92 Å². The van der Waals surface area contributed by atoms with Crippen molar-refractivity contribution < 1.29 is 33.3 Å². The van der Waals surface area contributed by atoms with Gasteiger partial charge in [0.05, 0.1) is 0 Å². The first kappa shape index (κ1) is 15.4. The van der Waals surface area contributed by atoms with Gasteiger partial charge in [0.15, 0.2) is 0 Å². The molecule has 1 amide bonds. The highest BCUT2D eigenvalue weighted by molar-refractivity contribution is 8.14. The summed E-state index contributed by atoms with van der Waals surface area (Å²) in [6.45, 7) is 2.05. The third-order valence-electron chi connectivity index (χ3n) is 2.83. The van der Waals surface area contributed by atoms with Gasteiger partial charge in [-0.25, -0.2) is 18.6 Å². The van der Waals surface area contributed by atoms with E-state index in [2.05, 4.69) is 10.3 Å². The summed E-state index contributed by atoms with van der Waals surface area (Å²) in [5, 5.41) is 21.6. The number of hydrogen-bond donors (Lipinski definition) is 3. The highest BCUT2D eigenvalue weighted by Crippen LogP contribution is 2.38. The molecule has 0 aromatic rings. The number of aliphatic imine (C=N–C) groups is 1. The molecule has 0 aromatic carbocycles. The second kappa shape index (κ2) is 6.20. The van der Waals surface area contributed by atoms with Gasteiger partial charge in [0.25, 0.3) is 11.7 Å². The van der Waals surface area contributed by atoms with Crippen LogP contribution < -0.4 is 5.32 Å². The van der Waals surface area contributed by atoms with Gasteiger partial charge in [-0.05, 0) is 18.7 Å². The van der Waals surface area contributed by atoms with Crippen LogP contribution in [0.4, 0.5) is 13.6 Å². The number of hydrogen-bond acceptors (Lipinski definition) is 7. The second-order valence-electron chi connectivity index (χ2n) is 4.21. The number of nitrogens with zero attached hydrogens (tertiary/aromatic N) is 1. The van der Waals surface area contributed by atoms with E-state index in [1.165, 1.54) is 0 Å². The Bertz CT molecular complexity index is 411. The minimum atomic E-state index is -2.94. The number of nitrogens with one attached hydrogen (secondary N) is 1. The molecule has 2 aliphatic heterocycles. The Labute approximate surface area is 117 Å². The molecule has 0 unspecified atom stereocenters. The SMILES string of the molecule is CCNC(=O)OC1=N[C@@H]2[C@@H](O)[C@H](O)[C@@H](C(F)F)O[C@@H]2S1. The number of alkyl halides is 2. The lowest BCUT2D eigenvalue weighted by Gasteiger charge is -2.37. The molecule has 0 bridgehead atoms. The quantitative estimate of drug-likeness (QED) is 0.659. The Morgan fingerprint density at radius 2 is 2.25 bits per heavy atom. The van der Waals surface area contributed by atoms with E-state index >= 15 is 0 Å². The van der Waals surface area contributed by atoms with Crippen molar-refractivity contribution in [2.75, 3.05) is 6.54 Å². The number of aliphatic hydroxyl groups excluding tert-OH is 2. The van der Waals surface area contributed by atoms with Gasteiger partial charge >= 0.3 is 6.09 Å². The van der Waals surface area contributed by atoms with Crippen LogP contribution in [-0.2, 0) is 9.47 Å². The highest BCUT2D eigenvalue weighted by Gasteiger charge is 2.51. The molecule has 7 nitrogen and oxygen atoms in total. The first-order valence-electron chi connectivity index (χ1n) is 5.94. The van der Waals surface area contributed by atoms with Crippen LogP contribution in [-0.4, -0.2) is 64.3 Å². The first-order chi connectivity index (χ1) is 9.43. The fraction of sp³-hybridized carbons (Fsp3) is 0.800. The van der Waals surface area contributed by atoms with Crippen molar-refractivity contribution in [3.05, 3.63) is 0 Å². The summed E-state index contributed by atoms with van der Waals surface area (Å²) in [6.07, 6.45) is -8.72. The van der Waals surface area contributed by atoms with Crippen molar-refractivity contribution >= 4 is 23.1 Å². The van der Waals surface area contributed by atoms with Crippen molar-refractivity contribution in [3.8, 4) is 0 Å². The zero-order valence-electron chi connectivity index (χ0n) is 10.4. The Kier molecular flexibility index (Phi) is 4.78. The summed E-state index contributed by atoms with van der Waals surface area (Å²) in [5.41, 5.74) is -0.920. The third-order valence-corrected chi connectivity index (χ3v) is 3.84. The minimum absolute atomic E-state index is 0.0906. The Morgan fingerprint density at radius 3 is 2.85 bits per heavy atom. The van der Waals surface area contributed by atoms with Crippen LogP contribution in [0.15, 0.2) is 4.99 Å². The maximum absolute atomic E-state index is 12.7. The van der Waals surface area contributed by atoms with E-state index in [1.807, 2.05) is 0 Å². The maximum Gasteiger partial charge on any atom is 0.414 e. The zero-order chi connectivity index (χ0) is 14.9. The molecule has 2 aliphatic rings. The molecule has 20 heavy (non-hydrogen) atoms. The summed E-state index contributed by atoms with van der Waals surface area (Å²) < 4.78 is 35.2. The average Bonchev–Trinajstić information content (AvgIpc) is 2.76. The fourth-order valence-electron chi connectivity index (χ4n) is 1.88. The molecule has 0 spiro atoms. The van der Waals surface area contributed by atoms with Crippen LogP contribution in [0.2, 0.25) is 0 Å². The van der Waals surface area contributed by atoms with E-state index in [0.717, 1.165) is 11.8 Å². The molecule has 5 atom stereocenters. The van der Waals surface area contributed by atoms with E-state index in [-0.39, 0.29) is 5.23 Å². The number of fused-ring (bicyclic) bond motifs is 1. The molecule has 1 saturated heterocycles. The molecule has 0 saturated carbocycles. The Balaban J connectivity index is 2.03. The Hall–Kier alpha value is -0.970. The van der Waals surface area contributed by atoms with Gasteiger partial charge < -0.3 is 25.0 Å². The van der Waals surface area contributed by atoms with Crippen LogP contribution in [0.25, 0.3) is 0 Å². The predicted molar refractivity (Wildman–Crippen MR) is 65.7 cm³/mol. The topological polar surface area (TPSA) is 100 Å². The van der Waals surface area contributed by atoms with E-state index in [9.17, 15) is 23.8 Å². The van der Waals surface area contributed by atoms with Gasteiger partial charge in [0.2, 0.25) is 0 Å². The molecule has 10 heteroatoms. The minimum Gasteiger partial charge on any atom is -0.388 e. The van der Waals surface area contributed by atoms with E-state index < -0.39 is 42.3 Å². The molecule has 0 aromatic heterocycles. The molecule has 114 valence electrons. The van der Waals surface area contributed by atoms with E-state index in [4.69, 9.17) is 9.47 Å². The molecular weight excluding hydrogens is 298 g/mol. The fourth-order valence-corrected chi connectivity index (χ4v) is 2.93. The van der Waals surface area contributed by atoms with Crippen molar-refractivity contribution in [2.24, 2.45) is 4.99 Å². The molecule has 2 rings (SSSR count). The third kappa shape index (κ3) is 3.03. The number of halogens is 2. The van der Waals surface area contributed by atoms with Crippen LogP contribution in [0.3, 0.4) is 0 Å². The summed E-state index contributed by atoms with van der Waals surface area (Å²) in [4.78, 5) is 15.1. The lowest BCUT2D eigenvalue weighted by Crippen LogP contribution is -2.56. The maximum atomic E-state index is 12.7. The van der Waals surface area contributed by atoms with Crippen molar-refractivity contribution in [1.82, 2.24) is 5.32 Å². The normalized spacial score (nSPS) is 36.5. The largest absolute Gasteiger partial charge is 0.414 e. The van der Waals surface area contributed by atoms with Gasteiger partial charge in [-0.1, -0.05) is 0 Å². The molecular formula is C10H14F2N2O5S. The second-order valence-corrected chi connectivity index (χ2v) is 5.26. The average molecular weight is 312 g/mol. The van der Waals surface area contributed by atoms with Crippen molar-refractivity contribution in [3.63, 3.8) is 0 Å². The van der Waals surface area contributed by atoms with Gasteiger partial charge in [-0.15, -0.1) is 0 Å². The van der Waals surface area contributed by atoms with E-state index in [1.54, 1.807) is 6.92 Å². The summed E-state index contributed by atoms with van der Waals surface area (Å²) in [7, 11) is 0. The number of alkyl carbamates (subject to hydrolysis) is 1.